The van der Waals surface area contributed by atoms with E-state index >= 15 is 0 Å². The van der Waals surface area contributed by atoms with Gasteiger partial charge in [0.15, 0.2) is 0 Å². The van der Waals surface area contributed by atoms with E-state index in [9.17, 15) is 22.0 Å². The molecule has 1 aliphatic heterocycles. The monoisotopic (exact) mass is 318 g/mol. The third-order valence-corrected chi connectivity index (χ3v) is 4.01. The van der Waals surface area contributed by atoms with Crippen molar-refractivity contribution in [3.63, 3.8) is 0 Å². The standard InChI is InChI=1S/C13H16F2N2O3S/c1-21(19,20)16-10-3-2-6-17(8-10)13(18)11-7-9(14)4-5-12(11)15/h4-5,7,10,16H,2-3,6,8H2,1H3/t10-/m0/s1. The molecule has 21 heavy (non-hydrogen) atoms. The summed E-state index contributed by atoms with van der Waals surface area (Å²) < 4.78 is 51.6. The molecule has 2 rings (SSSR count). The van der Waals surface area contributed by atoms with Crippen LogP contribution in [0.5, 0.6) is 0 Å². The number of rotatable bonds is 3. The summed E-state index contributed by atoms with van der Waals surface area (Å²) in [5.41, 5.74) is -0.338. The van der Waals surface area contributed by atoms with Crippen molar-refractivity contribution in [2.45, 2.75) is 18.9 Å². The van der Waals surface area contributed by atoms with Crippen LogP contribution < -0.4 is 4.72 Å². The molecule has 1 atom stereocenters. The molecular formula is C13H16F2N2O3S. The lowest BCUT2D eigenvalue weighted by atomic mass is 10.1. The van der Waals surface area contributed by atoms with Gasteiger partial charge < -0.3 is 4.90 Å². The Morgan fingerprint density at radius 1 is 1.38 bits per heavy atom. The Hall–Kier alpha value is -1.54. The molecule has 1 heterocycles. The van der Waals surface area contributed by atoms with Crippen molar-refractivity contribution in [3.8, 4) is 0 Å². The zero-order valence-electron chi connectivity index (χ0n) is 11.5. The molecule has 0 saturated carbocycles. The van der Waals surface area contributed by atoms with Crippen molar-refractivity contribution in [1.29, 1.82) is 0 Å². The maximum absolute atomic E-state index is 13.6. The van der Waals surface area contributed by atoms with E-state index in [0.717, 1.165) is 24.5 Å². The lowest BCUT2D eigenvalue weighted by Crippen LogP contribution is -2.49. The number of piperidine rings is 1. The van der Waals surface area contributed by atoms with Gasteiger partial charge in [-0.1, -0.05) is 0 Å². The number of nitrogens with zero attached hydrogens (tertiary/aromatic N) is 1. The molecule has 0 aliphatic carbocycles. The first-order chi connectivity index (χ1) is 9.76. The van der Waals surface area contributed by atoms with Crippen molar-refractivity contribution in [2.75, 3.05) is 19.3 Å². The number of sulfonamides is 1. The molecule has 116 valence electrons. The molecule has 1 fully saturated rings. The highest BCUT2D eigenvalue weighted by molar-refractivity contribution is 7.88. The topological polar surface area (TPSA) is 66.5 Å². The number of nitrogens with one attached hydrogen (secondary N) is 1. The zero-order valence-corrected chi connectivity index (χ0v) is 12.3. The minimum atomic E-state index is -3.37. The molecule has 1 saturated heterocycles. The van der Waals surface area contributed by atoms with Crippen LogP contribution in [-0.2, 0) is 10.0 Å². The maximum Gasteiger partial charge on any atom is 0.256 e. The molecule has 0 bridgehead atoms. The Labute approximate surface area is 122 Å². The molecule has 0 spiro atoms. The highest BCUT2D eigenvalue weighted by Gasteiger charge is 2.27. The number of carbonyl (C=O) groups excluding carboxylic acids is 1. The molecule has 1 aliphatic rings. The van der Waals surface area contributed by atoms with Crippen LogP contribution in [0.2, 0.25) is 0 Å². The summed E-state index contributed by atoms with van der Waals surface area (Å²) in [7, 11) is -3.37. The van der Waals surface area contributed by atoms with Gasteiger partial charge in [0.05, 0.1) is 11.8 Å². The van der Waals surface area contributed by atoms with Crippen LogP contribution in [0.1, 0.15) is 23.2 Å². The molecule has 0 unspecified atom stereocenters. The molecule has 1 aromatic carbocycles. The third-order valence-electron chi connectivity index (χ3n) is 3.25. The summed E-state index contributed by atoms with van der Waals surface area (Å²) >= 11 is 0. The lowest BCUT2D eigenvalue weighted by molar-refractivity contribution is 0.0698. The number of likely N-dealkylation sites (tertiary alicyclic amines) is 1. The van der Waals surface area contributed by atoms with Gasteiger partial charge in [-0.05, 0) is 31.0 Å². The van der Waals surface area contributed by atoms with E-state index in [0.29, 0.717) is 19.4 Å². The summed E-state index contributed by atoms with van der Waals surface area (Å²) in [6, 6.07) is 2.29. The Kier molecular flexibility index (Phi) is 4.58. The van der Waals surface area contributed by atoms with E-state index in [1.54, 1.807) is 0 Å². The second-order valence-corrected chi connectivity index (χ2v) is 6.88. The number of carbonyl (C=O) groups is 1. The second kappa shape index (κ2) is 6.07. The number of amides is 1. The van der Waals surface area contributed by atoms with E-state index in [1.807, 2.05) is 0 Å². The normalized spacial score (nSPS) is 19.6. The van der Waals surface area contributed by atoms with E-state index in [1.165, 1.54) is 4.90 Å². The Morgan fingerprint density at radius 3 is 2.76 bits per heavy atom. The number of hydrogen-bond donors (Lipinski definition) is 1. The quantitative estimate of drug-likeness (QED) is 0.908. The minimum absolute atomic E-state index is 0.141. The Morgan fingerprint density at radius 2 is 2.10 bits per heavy atom. The summed E-state index contributed by atoms with van der Waals surface area (Å²) in [5, 5.41) is 0. The van der Waals surface area contributed by atoms with Crippen LogP contribution in [0, 0.1) is 11.6 Å². The van der Waals surface area contributed by atoms with Crippen molar-refractivity contribution in [1.82, 2.24) is 9.62 Å². The van der Waals surface area contributed by atoms with Gasteiger partial charge in [0, 0.05) is 19.1 Å². The van der Waals surface area contributed by atoms with Gasteiger partial charge >= 0.3 is 0 Å². The third kappa shape index (κ3) is 4.21. The van der Waals surface area contributed by atoms with Crippen LogP contribution in [0.15, 0.2) is 18.2 Å². The number of hydrogen-bond acceptors (Lipinski definition) is 3. The van der Waals surface area contributed by atoms with Crippen LogP contribution in [-0.4, -0.2) is 44.6 Å². The Balaban J connectivity index is 2.14. The first-order valence-corrected chi connectivity index (χ1v) is 8.37. The molecule has 0 radical (unpaired) electrons. The highest BCUT2D eigenvalue weighted by Crippen LogP contribution is 2.17. The first-order valence-electron chi connectivity index (χ1n) is 6.48. The number of halogens is 2. The SMILES string of the molecule is CS(=O)(=O)N[C@H]1CCCN(C(=O)c2cc(F)ccc2F)C1. The van der Waals surface area contributed by atoms with E-state index in [2.05, 4.69) is 4.72 Å². The maximum atomic E-state index is 13.6. The smallest absolute Gasteiger partial charge is 0.256 e. The molecule has 8 heteroatoms. The van der Waals surface area contributed by atoms with Crippen molar-refractivity contribution in [3.05, 3.63) is 35.4 Å². The fourth-order valence-electron chi connectivity index (χ4n) is 2.39. The molecule has 5 nitrogen and oxygen atoms in total. The number of benzene rings is 1. The highest BCUT2D eigenvalue weighted by atomic mass is 32.2. The molecule has 0 aromatic heterocycles. The summed E-state index contributed by atoms with van der Waals surface area (Å²) in [6.07, 6.45) is 2.23. The van der Waals surface area contributed by atoms with Crippen molar-refractivity contribution >= 4 is 15.9 Å². The largest absolute Gasteiger partial charge is 0.337 e. The average molecular weight is 318 g/mol. The van der Waals surface area contributed by atoms with Gasteiger partial charge in [0.25, 0.3) is 5.91 Å². The van der Waals surface area contributed by atoms with E-state index < -0.39 is 33.6 Å². The summed E-state index contributed by atoms with van der Waals surface area (Å²) in [4.78, 5) is 13.6. The molecule has 1 amide bonds. The average Bonchev–Trinajstić information content (AvgIpc) is 2.39. The van der Waals surface area contributed by atoms with Crippen LogP contribution in [0.4, 0.5) is 8.78 Å². The molecular weight excluding hydrogens is 302 g/mol. The summed E-state index contributed by atoms with van der Waals surface area (Å²) in [5.74, 6) is -2.12. The van der Waals surface area contributed by atoms with Gasteiger partial charge in [-0.15, -0.1) is 0 Å². The van der Waals surface area contributed by atoms with Gasteiger partial charge in [-0.2, -0.15) is 0 Å². The van der Waals surface area contributed by atoms with Crippen molar-refractivity contribution in [2.24, 2.45) is 0 Å². The predicted molar refractivity (Wildman–Crippen MR) is 73.3 cm³/mol. The fourth-order valence-corrected chi connectivity index (χ4v) is 3.19. The minimum Gasteiger partial charge on any atom is -0.337 e. The zero-order chi connectivity index (χ0) is 15.6. The van der Waals surface area contributed by atoms with Crippen molar-refractivity contribution < 1.29 is 22.0 Å². The predicted octanol–water partition coefficient (Wildman–Crippen LogP) is 1.12. The van der Waals surface area contributed by atoms with Gasteiger partial charge in [0.1, 0.15) is 11.6 Å². The molecule has 1 N–H and O–H groups in total. The first kappa shape index (κ1) is 15.8. The van der Waals surface area contributed by atoms with Crippen LogP contribution in [0.25, 0.3) is 0 Å². The van der Waals surface area contributed by atoms with Gasteiger partial charge in [0.2, 0.25) is 10.0 Å². The van der Waals surface area contributed by atoms with Gasteiger partial charge in [-0.3, -0.25) is 4.79 Å². The van der Waals surface area contributed by atoms with Crippen LogP contribution in [0.3, 0.4) is 0 Å². The summed E-state index contributed by atoms with van der Waals surface area (Å²) in [6.45, 7) is 0.526. The van der Waals surface area contributed by atoms with E-state index in [-0.39, 0.29) is 12.1 Å². The second-order valence-electron chi connectivity index (χ2n) is 5.10. The van der Waals surface area contributed by atoms with Crippen LogP contribution >= 0.6 is 0 Å². The fraction of sp³-hybridized carbons (Fsp3) is 0.462. The van der Waals surface area contributed by atoms with E-state index in [4.69, 9.17) is 0 Å². The molecule has 1 aromatic rings. The Bertz CT molecular complexity index is 649. The lowest BCUT2D eigenvalue weighted by Gasteiger charge is -2.32. The van der Waals surface area contributed by atoms with Gasteiger partial charge in [-0.25, -0.2) is 21.9 Å².